The van der Waals surface area contributed by atoms with Crippen LogP contribution in [0, 0.1) is 0 Å². The van der Waals surface area contributed by atoms with E-state index < -0.39 is 0 Å². The topological polar surface area (TPSA) is 50.4 Å². The fourth-order valence-electron chi connectivity index (χ4n) is 1.56. The van der Waals surface area contributed by atoms with Gasteiger partial charge in [-0.05, 0) is 46.6 Å². The number of hydrogen-bond donors (Lipinski definition) is 2. The van der Waals surface area contributed by atoms with Gasteiger partial charge in [0.1, 0.15) is 5.75 Å². The second-order valence-electron chi connectivity index (χ2n) is 4.32. The third-order valence-electron chi connectivity index (χ3n) is 2.55. The van der Waals surface area contributed by atoms with Crippen LogP contribution in [0.25, 0.3) is 0 Å². The van der Waals surface area contributed by atoms with Crippen molar-refractivity contribution in [1.29, 1.82) is 0 Å². The lowest BCUT2D eigenvalue weighted by Crippen LogP contribution is -2.28. The highest BCUT2D eigenvalue weighted by molar-refractivity contribution is 9.10. The summed E-state index contributed by atoms with van der Waals surface area (Å²) in [5.74, 6) is 0.503. The van der Waals surface area contributed by atoms with Crippen LogP contribution in [0.15, 0.2) is 35.3 Å². The molecule has 20 heavy (non-hydrogen) atoms. The van der Waals surface area contributed by atoms with Gasteiger partial charge in [-0.15, -0.1) is 6.58 Å². The zero-order valence-electron chi connectivity index (χ0n) is 11.7. The average molecular weight is 341 g/mol. The number of halogens is 1. The smallest absolute Gasteiger partial charge is 0.258 e. The zero-order valence-corrected chi connectivity index (χ0v) is 13.3. The van der Waals surface area contributed by atoms with Gasteiger partial charge in [0.05, 0.1) is 4.47 Å². The Morgan fingerprint density at radius 2 is 2.30 bits per heavy atom. The Bertz CT molecular complexity index is 449. The molecule has 1 aromatic rings. The summed E-state index contributed by atoms with van der Waals surface area (Å²) >= 11 is 3.46. The molecule has 0 saturated carbocycles. The third kappa shape index (κ3) is 6.21. The van der Waals surface area contributed by atoms with Crippen LogP contribution in [-0.4, -0.2) is 25.6 Å². The Balaban J connectivity index is 2.46. The second-order valence-corrected chi connectivity index (χ2v) is 5.18. The van der Waals surface area contributed by atoms with Gasteiger partial charge in [0.15, 0.2) is 6.61 Å². The molecule has 0 fully saturated rings. The van der Waals surface area contributed by atoms with E-state index in [2.05, 4.69) is 40.1 Å². The number of hydrogen-bond acceptors (Lipinski definition) is 3. The molecule has 1 aromatic carbocycles. The Kier molecular flexibility index (Phi) is 7.99. The van der Waals surface area contributed by atoms with Crippen LogP contribution in [-0.2, 0) is 11.3 Å². The molecule has 0 bridgehead atoms. The summed E-state index contributed by atoms with van der Waals surface area (Å²) in [7, 11) is 0. The van der Waals surface area contributed by atoms with E-state index in [4.69, 9.17) is 4.74 Å². The van der Waals surface area contributed by atoms with E-state index in [9.17, 15) is 4.79 Å². The highest BCUT2D eigenvalue weighted by Crippen LogP contribution is 2.25. The predicted octanol–water partition coefficient (Wildman–Crippen LogP) is 2.63. The first kappa shape index (κ1) is 16.7. The monoisotopic (exact) mass is 340 g/mol. The van der Waals surface area contributed by atoms with Gasteiger partial charge in [0.25, 0.3) is 5.91 Å². The number of ether oxygens (including phenoxy) is 1. The molecular formula is C15H21BrN2O2. The lowest BCUT2D eigenvalue weighted by atomic mass is 10.2. The maximum atomic E-state index is 11.4. The molecule has 2 N–H and O–H groups in total. The first-order chi connectivity index (χ1) is 9.67. The fourth-order valence-corrected chi connectivity index (χ4v) is 2.10. The van der Waals surface area contributed by atoms with E-state index in [0.29, 0.717) is 12.3 Å². The van der Waals surface area contributed by atoms with Crippen molar-refractivity contribution < 1.29 is 9.53 Å². The predicted molar refractivity (Wildman–Crippen MR) is 84.8 cm³/mol. The Hall–Kier alpha value is -1.33. The van der Waals surface area contributed by atoms with Crippen LogP contribution in [0.2, 0.25) is 0 Å². The van der Waals surface area contributed by atoms with Crippen LogP contribution in [0.5, 0.6) is 5.75 Å². The Morgan fingerprint density at radius 3 is 2.95 bits per heavy atom. The van der Waals surface area contributed by atoms with E-state index >= 15 is 0 Å². The molecule has 1 rings (SSSR count). The molecule has 0 saturated heterocycles. The molecular weight excluding hydrogens is 320 g/mol. The summed E-state index contributed by atoms with van der Waals surface area (Å²) in [6.45, 7) is 7.95. The second kappa shape index (κ2) is 9.55. The molecule has 0 aliphatic rings. The lowest BCUT2D eigenvalue weighted by Gasteiger charge is -2.10. The molecule has 4 nitrogen and oxygen atoms in total. The highest BCUT2D eigenvalue weighted by atomic mass is 79.9. The van der Waals surface area contributed by atoms with Crippen molar-refractivity contribution in [2.45, 2.75) is 19.9 Å². The molecule has 1 amide bonds. The minimum Gasteiger partial charge on any atom is -0.483 e. The van der Waals surface area contributed by atoms with Crippen molar-refractivity contribution in [3.05, 3.63) is 40.9 Å². The number of carbonyl (C=O) groups is 1. The average Bonchev–Trinajstić information content (AvgIpc) is 2.44. The van der Waals surface area contributed by atoms with Crippen LogP contribution in [0.4, 0.5) is 0 Å². The van der Waals surface area contributed by atoms with Crippen molar-refractivity contribution >= 4 is 21.8 Å². The van der Waals surface area contributed by atoms with E-state index in [0.717, 1.165) is 24.0 Å². The lowest BCUT2D eigenvalue weighted by molar-refractivity contribution is -0.122. The first-order valence-corrected chi connectivity index (χ1v) is 7.46. The van der Waals surface area contributed by atoms with Crippen molar-refractivity contribution in [2.24, 2.45) is 0 Å². The Labute approximate surface area is 128 Å². The van der Waals surface area contributed by atoms with Crippen molar-refractivity contribution in [3.63, 3.8) is 0 Å². The van der Waals surface area contributed by atoms with Gasteiger partial charge in [-0.25, -0.2) is 0 Å². The number of carbonyl (C=O) groups excluding carboxylic acids is 1. The summed E-state index contributed by atoms with van der Waals surface area (Å²) in [5, 5.41) is 6.00. The molecule has 0 unspecified atom stereocenters. The molecule has 0 aliphatic heterocycles. The maximum Gasteiger partial charge on any atom is 0.258 e. The number of rotatable bonds is 9. The highest BCUT2D eigenvalue weighted by Gasteiger charge is 2.05. The minimum absolute atomic E-state index is 0.000128. The van der Waals surface area contributed by atoms with E-state index in [1.165, 1.54) is 5.56 Å². The largest absolute Gasteiger partial charge is 0.483 e. The molecule has 0 aliphatic carbocycles. The standard InChI is InChI=1S/C15H21BrN2O2/c1-3-7-17-10-12-5-6-14(13(16)9-12)20-11-15(19)18-8-4-2/h4-6,9,17H,2-3,7-8,10-11H2,1H3,(H,18,19). The zero-order chi connectivity index (χ0) is 14.8. The number of benzene rings is 1. The summed E-state index contributed by atoms with van der Waals surface area (Å²) in [6.07, 6.45) is 2.74. The molecule has 5 heteroatoms. The molecule has 0 atom stereocenters. The number of nitrogens with one attached hydrogen (secondary N) is 2. The summed E-state index contributed by atoms with van der Waals surface area (Å²) in [6, 6.07) is 5.86. The minimum atomic E-state index is -0.162. The van der Waals surface area contributed by atoms with Gasteiger partial charge in [-0.2, -0.15) is 0 Å². The maximum absolute atomic E-state index is 11.4. The van der Waals surface area contributed by atoms with Gasteiger partial charge in [-0.1, -0.05) is 19.1 Å². The van der Waals surface area contributed by atoms with Crippen LogP contribution >= 0.6 is 15.9 Å². The molecule has 0 aromatic heterocycles. The first-order valence-electron chi connectivity index (χ1n) is 6.67. The van der Waals surface area contributed by atoms with E-state index in [-0.39, 0.29) is 12.5 Å². The van der Waals surface area contributed by atoms with Crippen LogP contribution in [0.1, 0.15) is 18.9 Å². The van der Waals surface area contributed by atoms with E-state index in [1.807, 2.05) is 18.2 Å². The summed E-state index contributed by atoms with van der Waals surface area (Å²) < 4.78 is 6.31. The molecule has 0 heterocycles. The van der Waals surface area contributed by atoms with Crippen LogP contribution in [0.3, 0.4) is 0 Å². The van der Waals surface area contributed by atoms with Crippen LogP contribution < -0.4 is 15.4 Å². The van der Waals surface area contributed by atoms with E-state index in [1.54, 1.807) is 6.08 Å². The van der Waals surface area contributed by atoms with Gasteiger partial charge < -0.3 is 15.4 Å². The molecule has 110 valence electrons. The van der Waals surface area contributed by atoms with Crippen molar-refractivity contribution in [3.8, 4) is 5.75 Å². The summed E-state index contributed by atoms with van der Waals surface area (Å²) in [5.41, 5.74) is 1.17. The van der Waals surface area contributed by atoms with Crippen molar-refractivity contribution in [1.82, 2.24) is 10.6 Å². The molecule has 0 spiro atoms. The fraction of sp³-hybridized carbons (Fsp3) is 0.400. The van der Waals surface area contributed by atoms with Gasteiger partial charge in [0, 0.05) is 13.1 Å². The third-order valence-corrected chi connectivity index (χ3v) is 3.17. The summed E-state index contributed by atoms with van der Waals surface area (Å²) in [4.78, 5) is 11.4. The van der Waals surface area contributed by atoms with Gasteiger partial charge in [-0.3, -0.25) is 4.79 Å². The SMILES string of the molecule is C=CCNC(=O)COc1ccc(CNCCC)cc1Br. The Morgan fingerprint density at radius 1 is 1.50 bits per heavy atom. The van der Waals surface area contributed by atoms with Gasteiger partial charge >= 0.3 is 0 Å². The number of amides is 1. The van der Waals surface area contributed by atoms with Gasteiger partial charge in [0.2, 0.25) is 0 Å². The normalized spacial score (nSPS) is 10.1. The molecule has 0 radical (unpaired) electrons. The van der Waals surface area contributed by atoms with Crippen molar-refractivity contribution in [2.75, 3.05) is 19.7 Å². The quantitative estimate of drug-likeness (QED) is 0.536.